The van der Waals surface area contributed by atoms with Gasteiger partial charge in [-0.2, -0.15) is 0 Å². The van der Waals surface area contributed by atoms with Gasteiger partial charge < -0.3 is 10.4 Å². The van der Waals surface area contributed by atoms with Crippen molar-refractivity contribution >= 4 is 34.8 Å². The van der Waals surface area contributed by atoms with Gasteiger partial charge in [-0.15, -0.1) is 22.9 Å². The summed E-state index contributed by atoms with van der Waals surface area (Å²) in [5, 5.41) is 13.4. The maximum absolute atomic E-state index is 11.7. The first-order valence-electron chi connectivity index (χ1n) is 5.16. The number of carbonyl (C=O) groups is 2. The molecule has 4 nitrogen and oxygen atoms in total. The van der Waals surface area contributed by atoms with Crippen LogP contribution in [0.1, 0.15) is 24.3 Å². The van der Waals surface area contributed by atoms with Crippen LogP contribution in [0.25, 0.3) is 0 Å². The second-order valence-electron chi connectivity index (χ2n) is 3.73. The highest BCUT2D eigenvalue weighted by Crippen LogP contribution is 2.22. The fourth-order valence-electron chi connectivity index (χ4n) is 1.27. The number of carboxylic acids is 1. The van der Waals surface area contributed by atoms with Crippen molar-refractivity contribution in [3.8, 4) is 0 Å². The Morgan fingerprint density at radius 1 is 1.59 bits per heavy atom. The van der Waals surface area contributed by atoms with Gasteiger partial charge in [0.05, 0.1) is 12.5 Å². The Hall–Kier alpha value is -1.07. The number of hydrogen-bond donors (Lipinski definition) is 2. The van der Waals surface area contributed by atoms with Crippen molar-refractivity contribution in [3.05, 3.63) is 22.4 Å². The third-order valence-electron chi connectivity index (χ3n) is 2.26. The van der Waals surface area contributed by atoms with Crippen LogP contribution in [0.3, 0.4) is 0 Å². The van der Waals surface area contributed by atoms with Crippen molar-refractivity contribution in [1.29, 1.82) is 0 Å². The van der Waals surface area contributed by atoms with E-state index in [2.05, 4.69) is 5.32 Å². The molecule has 2 unspecified atom stereocenters. The van der Waals surface area contributed by atoms with Gasteiger partial charge in [-0.1, -0.05) is 13.0 Å². The Morgan fingerprint density at radius 3 is 2.76 bits per heavy atom. The summed E-state index contributed by atoms with van der Waals surface area (Å²) in [5.41, 5.74) is 0. The van der Waals surface area contributed by atoms with Crippen LogP contribution in [-0.2, 0) is 9.59 Å². The number of hydrogen-bond acceptors (Lipinski definition) is 3. The summed E-state index contributed by atoms with van der Waals surface area (Å²) < 4.78 is 0. The van der Waals surface area contributed by atoms with E-state index in [1.807, 2.05) is 17.5 Å². The average molecular weight is 276 g/mol. The summed E-state index contributed by atoms with van der Waals surface area (Å²) in [7, 11) is 0. The van der Waals surface area contributed by atoms with Crippen LogP contribution in [0.15, 0.2) is 17.5 Å². The van der Waals surface area contributed by atoms with E-state index < -0.39 is 12.0 Å². The van der Waals surface area contributed by atoms with Crippen molar-refractivity contribution < 1.29 is 14.7 Å². The highest BCUT2D eigenvalue weighted by Gasteiger charge is 2.21. The lowest BCUT2D eigenvalue weighted by molar-refractivity contribution is -0.137. The van der Waals surface area contributed by atoms with Crippen LogP contribution < -0.4 is 5.32 Å². The van der Waals surface area contributed by atoms with Gasteiger partial charge >= 0.3 is 5.97 Å². The molecule has 1 aromatic rings. The molecular weight excluding hydrogens is 262 g/mol. The molecule has 0 fully saturated rings. The van der Waals surface area contributed by atoms with Crippen LogP contribution in [0.4, 0.5) is 0 Å². The number of rotatable bonds is 6. The summed E-state index contributed by atoms with van der Waals surface area (Å²) in [6.45, 7) is 1.70. The molecule has 2 N–H and O–H groups in total. The van der Waals surface area contributed by atoms with Gasteiger partial charge in [-0.3, -0.25) is 9.59 Å². The molecular formula is C11H14ClNO3S. The molecule has 0 aromatic carbocycles. The van der Waals surface area contributed by atoms with Crippen LogP contribution in [0.5, 0.6) is 0 Å². The van der Waals surface area contributed by atoms with Gasteiger partial charge in [0, 0.05) is 16.7 Å². The third-order valence-corrected chi connectivity index (χ3v) is 3.71. The lowest BCUT2D eigenvalue weighted by Gasteiger charge is -2.17. The normalized spacial score (nSPS) is 14.0. The fourth-order valence-corrected chi connectivity index (χ4v) is 2.19. The van der Waals surface area contributed by atoms with E-state index in [0.29, 0.717) is 0 Å². The summed E-state index contributed by atoms with van der Waals surface area (Å²) in [5.74, 6) is -1.27. The van der Waals surface area contributed by atoms with E-state index in [0.717, 1.165) is 4.88 Å². The molecule has 17 heavy (non-hydrogen) atoms. The Morgan fingerprint density at radius 2 is 2.29 bits per heavy atom. The van der Waals surface area contributed by atoms with Gasteiger partial charge in [0.15, 0.2) is 0 Å². The Balaban J connectivity index is 2.71. The third kappa shape index (κ3) is 4.36. The molecule has 1 heterocycles. The molecule has 1 rings (SSSR count). The van der Waals surface area contributed by atoms with Crippen molar-refractivity contribution in [2.45, 2.75) is 19.4 Å². The van der Waals surface area contributed by atoms with Crippen molar-refractivity contribution in [2.75, 3.05) is 5.88 Å². The van der Waals surface area contributed by atoms with E-state index >= 15 is 0 Å². The second-order valence-corrected chi connectivity index (χ2v) is 5.02. The number of amides is 1. The lowest BCUT2D eigenvalue weighted by atomic mass is 10.1. The van der Waals surface area contributed by atoms with Crippen molar-refractivity contribution in [3.63, 3.8) is 0 Å². The number of carboxylic acid groups (broad SMARTS) is 1. The Labute approximate surface area is 109 Å². The molecule has 0 spiro atoms. The first-order chi connectivity index (χ1) is 8.04. The predicted molar refractivity (Wildman–Crippen MR) is 67.3 cm³/mol. The monoisotopic (exact) mass is 275 g/mol. The zero-order valence-corrected chi connectivity index (χ0v) is 10.9. The minimum absolute atomic E-state index is 0.124. The van der Waals surface area contributed by atoms with E-state index in [9.17, 15) is 9.59 Å². The van der Waals surface area contributed by atoms with Gasteiger partial charge in [0.2, 0.25) is 5.91 Å². The Bertz CT molecular complexity index is 380. The highest BCUT2D eigenvalue weighted by molar-refractivity contribution is 7.10. The molecule has 0 saturated heterocycles. The number of halogens is 1. The smallest absolute Gasteiger partial charge is 0.305 e. The number of aliphatic carboxylic acids is 1. The maximum Gasteiger partial charge on any atom is 0.305 e. The zero-order chi connectivity index (χ0) is 12.8. The molecule has 6 heteroatoms. The van der Waals surface area contributed by atoms with Crippen LogP contribution in [0.2, 0.25) is 0 Å². The molecule has 0 bridgehead atoms. The van der Waals surface area contributed by atoms with Gasteiger partial charge in [-0.25, -0.2) is 0 Å². The minimum atomic E-state index is -0.942. The molecule has 0 aliphatic heterocycles. The van der Waals surface area contributed by atoms with E-state index in [-0.39, 0.29) is 24.1 Å². The number of thiophene rings is 1. The Kier molecular flexibility index (Phi) is 5.44. The predicted octanol–water partition coefficient (Wildman–Crippen LogP) is 2.26. The second kappa shape index (κ2) is 6.61. The molecule has 0 radical (unpaired) electrons. The molecule has 94 valence electrons. The van der Waals surface area contributed by atoms with Crippen molar-refractivity contribution in [2.24, 2.45) is 5.92 Å². The highest BCUT2D eigenvalue weighted by atomic mass is 35.5. The fraction of sp³-hybridized carbons (Fsp3) is 0.455. The molecule has 0 saturated carbocycles. The van der Waals surface area contributed by atoms with Crippen LogP contribution in [-0.4, -0.2) is 22.9 Å². The van der Waals surface area contributed by atoms with Gasteiger partial charge in [0.1, 0.15) is 0 Å². The number of carbonyl (C=O) groups excluding carboxylic acids is 1. The topological polar surface area (TPSA) is 66.4 Å². The summed E-state index contributed by atoms with van der Waals surface area (Å²) in [6, 6.07) is 3.15. The van der Waals surface area contributed by atoms with E-state index in [1.165, 1.54) is 11.3 Å². The van der Waals surface area contributed by atoms with Crippen molar-refractivity contribution in [1.82, 2.24) is 5.32 Å². The summed E-state index contributed by atoms with van der Waals surface area (Å²) >= 11 is 7.01. The molecule has 2 atom stereocenters. The van der Waals surface area contributed by atoms with Gasteiger partial charge in [0.25, 0.3) is 0 Å². The van der Waals surface area contributed by atoms with E-state index in [4.69, 9.17) is 16.7 Å². The quantitative estimate of drug-likeness (QED) is 0.783. The number of nitrogens with one attached hydrogen (secondary N) is 1. The molecule has 0 aliphatic rings. The first kappa shape index (κ1) is 14.0. The minimum Gasteiger partial charge on any atom is -0.481 e. The SMILES string of the molecule is CC(CCl)C(=O)NC(CC(=O)O)c1cccs1. The largest absolute Gasteiger partial charge is 0.481 e. The lowest BCUT2D eigenvalue weighted by Crippen LogP contribution is -2.34. The summed E-state index contributed by atoms with van der Waals surface area (Å²) in [4.78, 5) is 23.3. The average Bonchev–Trinajstić information content (AvgIpc) is 2.79. The molecule has 0 aliphatic carbocycles. The van der Waals surface area contributed by atoms with Crippen LogP contribution >= 0.6 is 22.9 Å². The summed E-state index contributed by atoms with van der Waals surface area (Å²) in [6.07, 6.45) is -0.124. The molecule has 1 aromatic heterocycles. The molecule has 1 amide bonds. The number of alkyl halides is 1. The first-order valence-corrected chi connectivity index (χ1v) is 6.57. The van der Waals surface area contributed by atoms with Crippen LogP contribution in [0, 0.1) is 5.92 Å². The maximum atomic E-state index is 11.7. The van der Waals surface area contributed by atoms with Gasteiger partial charge in [-0.05, 0) is 11.4 Å². The van der Waals surface area contributed by atoms with E-state index in [1.54, 1.807) is 6.92 Å². The zero-order valence-electron chi connectivity index (χ0n) is 9.35. The standard InChI is InChI=1S/C11H14ClNO3S/c1-7(6-12)11(16)13-8(5-10(14)15)9-3-2-4-17-9/h2-4,7-8H,5-6H2,1H3,(H,13,16)(H,14,15).